The molecule has 4 N–H and O–H groups in total. The van der Waals surface area contributed by atoms with Gasteiger partial charge in [-0.25, -0.2) is 9.07 Å². The van der Waals surface area contributed by atoms with Crippen LogP contribution >= 0.6 is 0 Å². The first kappa shape index (κ1) is 19.7. The largest absolute Gasteiger partial charge is 0.486 e. The molecule has 4 rings (SSSR count). The Morgan fingerprint density at radius 1 is 1.34 bits per heavy atom. The van der Waals surface area contributed by atoms with Gasteiger partial charge in [-0.2, -0.15) is 5.10 Å². The Labute approximate surface area is 168 Å². The van der Waals surface area contributed by atoms with Crippen LogP contribution in [0, 0.1) is 5.82 Å². The van der Waals surface area contributed by atoms with Crippen molar-refractivity contribution in [2.45, 2.75) is 38.0 Å². The molecule has 0 aliphatic carbocycles. The summed E-state index contributed by atoms with van der Waals surface area (Å²) < 4.78 is 21.9. The third-order valence-corrected chi connectivity index (χ3v) is 5.58. The molecule has 8 nitrogen and oxygen atoms in total. The minimum atomic E-state index is -0.611. The zero-order valence-corrected chi connectivity index (χ0v) is 16.2. The molecule has 1 aromatic heterocycles. The van der Waals surface area contributed by atoms with E-state index in [1.807, 2.05) is 4.68 Å². The van der Waals surface area contributed by atoms with Crippen LogP contribution in [0.2, 0.25) is 0 Å². The summed E-state index contributed by atoms with van der Waals surface area (Å²) in [6.07, 6.45) is 3.62. The van der Waals surface area contributed by atoms with Gasteiger partial charge in [-0.3, -0.25) is 4.79 Å². The number of nitrogens with one attached hydrogen (secondary N) is 1. The van der Waals surface area contributed by atoms with Gasteiger partial charge in [-0.05, 0) is 50.6 Å². The van der Waals surface area contributed by atoms with Crippen molar-refractivity contribution in [3.05, 3.63) is 41.3 Å². The number of carbonyl (C=O) groups is 1. The van der Waals surface area contributed by atoms with E-state index in [0.717, 1.165) is 25.9 Å². The third kappa shape index (κ3) is 4.20. The molecule has 1 aromatic carbocycles. The number of benzene rings is 1. The fraction of sp³-hybridized carbons (Fsp3) is 0.500. The van der Waals surface area contributed by atoms with E-state index in [-0.39, 0.29) is 36.4 Å². The van der Waals surface area contributed by atoms with Crippen molar-refractivity contribution in [3.8, 4) is 5.75 Å². The lowest BCUT2D eigenvalue weighted by atomic mass is 10.1. The average Bonchev–Trinajstić information content (AvgIpc) is 3.33. The number of carbonyl (C=O) groups excluding carboxylic acids is 1. The lowest BCUT2D eigenvalue weighted by Gasteiger charge is -2.23. The molecule has 0 bridgehead atoms. The predicted molar refractivity (Wildman–Crippen MR) is 105 cm³/mol. The molecule has 0 saturated carbocycles. The van der Waals surface area contributed by atoms with E-state index in [0.29, 0.717) is 24.3 Å². The van der Waals surface area contributed by atoms with Gasteiger partial charge in [0.1, 0.15) is 12.4 Å². The zero-order valence-electron chi connectivity index (χ0n) is 16.2. The number of nitrogens with two attached hydrogens (primary N) is 1. The molecule has 156 valence electrons. The normalized spacial score (nSPS) is 20.2. The molecule has 0 spiro atoms. The number of aliphatic hydroxyl groups excluding tert-OH is 1. The number of ether oxygens (including phenoxy) is 1. The highest BCUT2D eigenvalue weighted by molar-refractivity contribution is 5.94. The van der Waals surface area contributed by atoms with Crippen LogP contribution in [0.4, 0.5) is 10.2 Å². The van der Waals surface area contributed by atoms with Crippen molar-refractivity contribution < 1.29 is 19.0 Å². The number of aliphatic hydroxyl groups is 1. The Balaban J connectivity index is 1.40. The number of piperidine rings is 1. The van der Waals surface area contributed by atoms with Crippen LogP contribution in [-0.4, -0.2) is 58.0 Å². The van der Waals surface area contributed by atoms with E-state index in [9.17, 15) is 14.3 Å². The molecule has 1 atom stereocenters. The summed E-state index contributed by atoms with van der Waals surface area (Å²) in [5.74, 6) is -0.312. The fourth-order valence-electron chi connectivity index (χ4n) is 3.88. The molecule has 3 heterocycles. The second kappa shape index (κ2) is 8.38. The van der Waals surface area contributed by atoms with Crippen LogP contribution in [0.5, 0.6) is 5.75 Å². The van der Waals surface area contributed by atoms with Gasteiger partial charge >= 0.3 is 0 Å². The number of hydrogen-bond acceptors (Lipinski definition) is 6. The minimum absolute atomic E-state index is 0.0528. The number of aromatic nitrogens is 2. The lowest BCUT2D eigenvalue weighted by Crippen LogP contribution is -2.30. The molecule has 29 heavy (non-hydrogen) atoms. The average molecular weight is 403 g/mol. The van der Waals surface area contributed by atoms with E-state index in [1.54, 1.807) is 6.20 Å². The molecule has 2 aliphatic rings. The highest BCUT2D eigenvalue weighted by Gasteiger charge is 2.26. The van der Waals surface area contributed by atoms with Crippen LogP contribution in [-0.2, 0) is 6.61 Å². The highest BCUT2D eigenvalue weighted by atomic mass is 19.1. The van der Waals surface area contributed by atoms with E-state index < -0.39 is 11.9 Å². The van der Waals surface area contributed by atoms with Gasteiger partial charge in [0.15, 0.2) is 11.6 Å². The van der Waals surface area contributed by atoms with Crippen molar-refractivity contribution in [1.82, 2.24) is 20.0 Å². The van der Waals surface area contributed by atoms with Crippen LogP contribution in [0.25, 0.3) is 0 Å². The summed E-state index contributed by atoms with van der Waals surface area (Å²) in [4.78, 5) is 13.9. The zero-order chi connectivity index (χ0) is 20.4. The van der Waals surface area contributed by atoms with Gasteiger partial charge in [-0.15, -0.1) is 0 Å². The summed E-state index contributed by atoms with van der Waals surface area (Å²) >= 11 is 0. The molecule has 2 saturated heterocycles. The maximum absolute atomic E-state index is 14.5. The molecule has 2 aromatic rings. The number of halogens is 1. The molecule has 1 unspecified atom stereocenters. The summed E-state index contributed by atoms with van der Waals surface area (Å²) in [5.41, 5.74) is 7.16. The molecule has 1 amide bonds. The van der Waals surface area contributed by atoms with E-state index in [4.69, 9.17) is 10.5 Å². The van der Waals surface area contributed by atoms with Crippen molar-refractivity contribution in [2.24, 2.45) is 0 Å². The van der Waals surface area contributed by atoms with Crippen LogP contribution < -0.4 is 15.8 Å². The topological polar surface area (TPSA) is 106 Å². The summed E-state index contributed by atoms with van der Waals surface area (Å²) in [6.45, 7) is 2.71. The number of β-amino-alcohol motifs (C(OH)–C–C–N with tert-alkyl or cyclic N) is 1. The van der Waals surface area contributed by atoms with Crippen LogP contribution in [0.15, 0.2) is 24.4 Å². The molecule has 9 heteroatoms. The first-order chi connectivity index (χ1) is 14.0. The van der Waals surface area contributed by atoms with Gasteiger partial charge in [0.05, 0.1) is 23.9 Å². The Hall–Kier alpha value is -2.65. The Morgan fingerprint density at radius 2 is 2.14 bits per heavy atom. The number of anilines is 1. The highest BCUT2D eigenvalue weighted by Crippen LogP contribution is 2.26. The molecule has 0 radical (unpaired) electrons. The quantitative estimate of drug-likeness (QED) is 0.695. The first-order valence-corrected chi connectivity index (χ1v) is 9.95. The van der Waals surface area contributed by atoms with Gasteiger partial charge in [0.2, 0.25) is 0 Å². The standard InChI is InChI=1S/C20H26FN5O3/c21-17-9-13(20(28)25-8-5-16(27)11-25)1-2-18(17)29-12-14-10-24-26(19(14)22)15-3-6-23-7-4-15/h1-2,9-10,15-16,23,27H,3-8,11-12,22H2. The van der Waals surface area contributed by atoms with Gasteiger partial charge in [0.25, 0.3) is 5.91 Å². The fourth-order valence-corrected chi connectivity index (χ4v) is 3.88. The number of rotatable bonds is 5. The van der Waals surface area contributed by atoms with Gasteiger partial charge in [0, 0.05) is 18.7 Å². The van der Waals surface area contributed by atoms with Crippen molar-refractivity contribution in [3.63, 3.8) is 0 Å². The molecule has 2 fully saturated rings. The molecular formula is C20H26FN5O3. The van der Waals surface area contributed by atoms with Gasteiger partial charge in [-0.1, -0.05) is 0 Å². The number of amides is 1. The van der Waals surface area contributed by atoms with E-state index >= 15 is 0 Å². The predicted octanol–water partition coefficient (Wildman–Crippen LogP) is 1.31. The Bertz CT molecular complexity index is 881. The Kier molecular flexibility index (Phi) is 5.68. The summed E-state index contributed by atoms with van der Waals surface area (Å²) in [5, 5.41) is 17.3. The second-order valence-corrected chi connectivity index (χ2v) is 7.61. The SMILES string of the molecule is Nc1c(COc2ccc(C(=O)N3CCC(O)C3)cc2F)cnn1C1CCNCC1. The van der Waals surface area contributed by atoms with Crippen molar-refractivity contribution in [1.29, 1.82) is 0 Å². The number of nitrogen functional groups attached to an aromatic ring is 1. The first-order valence-electron chi connectivity index (χ1n) is 9.95. The maximum atomic E-state index is 14.5. The van der Waals surface area contributed by atoms with E-state index in [2.05, 4.69) is 10.4 Å². The molecular weight excluding hydrogens is 377 g/mol. The van der Waals surface area contributed by atoms with E-state index in [1.165, 1.54) is 23.1 Å². The second-order valence-electron chi connectivity index (χ2n) is 7.61. The third-order valence-electron chi connectivity index (χ3n) is 5.58. The van der Waals surface area contributed by atoms with Crippen LogP contribution in [0.3, 0.4) is 0 Å². The summed E-state index contributed by atoms with van der Waals surface area (Å²) in [6, 6.07) is 4.41. The van der Waals surface area contributed by atoms with Crippen molar-refractivity contribution in [2.75, 3.05) is 31.9 Å². The summed E-state index contributed by atoms with van der Waals surface area (Å²) in [7, 11) is 0. The Morgan fingerprint density at radius 3 is 2.83 bits per heavy atom. The number of hydrogen-bond donors (Lipinski definition) is 3. The smallest absolute Gasteiger partial charge is 0.254 e. The van der Waals surface area contributed by atoms with Gasteiger partial charge < -0.3 is 25.8 Å². The number of likely N-dealkylation sites (tertiary alicyclic amines) is 1. The minimum Gasteiger partial charge on any atom is -0.486 e. The maximum Gasteiger partial charge on any atom is 0.254 e. The lowest BCUT2D eigenvalue weighted by molar-refractivity contribution is 0.0764. The number of nitrogens with zero attached hydrogens (tertiary/aromatic N) is 3. The van der Waals surface area contributed by atoms with Crippen molar-refractivity contribution >= 4 is 11.7 Å². The monoisotopic (exact) mass is 403 g/mol. The van der Waals surface area contributed by atoms with Crippen LogP contribution in [0.1, 0.15) is 41.2 Å². The molecule has 2 aliphatic heterocycles.